The van der Waals surface area contributed by atoms with Gasteiger partial charge in [0.2, 0.25) is 10.0 Å². The number of aliphatic hydroxyl groups is 1. The Hall–Kier alpha value is -2.78. The number of sulfonamides is 1. The Kier molecular flexibility index (Phi) is 8.10. The molecule has 1 heterocycles. The van der Waals surface area contributed by atoms with Crippen LogP contribution in [0.15, 0.2) is 77.7 Å². The Balaban J connectivity index is 1.71. The Morgan fingerprint density at radius 1 is 1.08 bits per heavy atom. The van der Waals surface area contributed by atoms with Crippen molar-refractivity contribution in [2.45, 2.75) is 37.4 Å². The van der Waals surface area contributed by atoms with E-state index in [0.29, 0.717) is 18.8 Å². The lowest BCUT2D eigenvalue weighted by Crippen LogP contribution is -2.49. The molecule has 0 saturated carbocycles. The predicted molar refractivity (Wildman–Crippen MR) is 139 cm³/mol. The smallest absolute Gasteiger partial charge is 0.247 e. The van der Waals surface area contributed by atoms with Crippen LogP contribution >= 0.6 is 0 Å². The number of likely N-dealkylation sites (N-methyl/N-ethyl adjacent to an activating group) is 1. The number of halogens is 1. The van der Waals surface area contributed by atoms with Crippen molar-refractivity contribution in [3.8, 4) is 16.9 Å². The second kappa shape index (κ2) is 11.1. The zero-order valence-electron chi connectivity index (χ0n) is 20.8. The van der Waals surface area contributed by atoms with Gasteiger partial charge in [-0.1, -0.05) is 55.5 Å². The van der Waals surface area contributed by atoms with Crippen molar-refractivity contribution in [3.63, 3.8) is 0 Å². The van der Waals surface area contributed by atoms with E-state index in [4.69, 9.17) is 4.74 Å². The Morgan fingerprint density at radius 2 is 1.83 bits per heavy atom. The van der Waals surface area contributed by atoms with Crippen molar-refractivity contribution in [2.75, 3.05) is 26.7 Å². The average molecular weight is 513 g/mol. The zero-order chi connectivity index (χ0) is 25.9. The fourth-order valence-corrected chi connectivity index (χ4v) is 6.40. The molecule has 3 aromatic rings. The molecule has 0 aromatic heterocycles. The SMILES string of the molecule is C[C@@H]1CN([C@H](C)CO)S(=O)(=O)c2ccc(-c3ccccc3)cc2O[C@H]1CN(C)Cc1cccc(F)c1. The summed E-state index contributed by atoms with van der Waals surface area (Å²) in [5, 5.41) is 9.83. The largest absolute Gasteiger partial charge is 0.487 e. The third-order valence-electron chi connectivity index (χ3n) is 6.61. The van der Waals surface area contributed by atoms with Crippen molar-refractivity contribution in [3.05, 3.63) is 84.2 Å². The highest BCUT2D eigenvalue weighted by molar-refractivity contribution is 7.89. The number of nitrogens with zero attached hydrogens (tertiary/aromatic N) is 2. The predicted octanol–water partition coefficient (Wildman–Crippen LogP) is 4.39. The second-order valence-electron chi connectivity index (χ2n) is 9.59. The van der Waals surface area contributed by atoms with Crippen LogP contribution < -0.4 is 4.74 Å². The maximum Gasteiger partial charge on any atom is 0.247 e. The molecule has 0 radical (unpaired) electrons. The molecule has 0 saturated heterocycles. The molecule has 0 amide bonds. The number of benzene rings is 3. The van der Waals surface area contributed by atoms with Gasteiger partial charge in [0.15, 0.2) is 0 Å². The maximum absolute atomic E-state index is 13.7. The third kappa shape index (κ3) is 5.78. The molecule has 8 heteroatoms. The van der Waals surface area contributed by atoms with Crippen LogP contribution in [0.5, 0.6) is 5.75 Å². The first-order valence-electron chi connectivity index (χ1n) is 12.1. The molecule has 192 valence electrons. The molecular formula is C28H33FN2O4S. The molecule has 3 atom stereocenters. The normalized spacial score (nSPS) is 20.7. The number of ether oxygens (including phenoxy) is 1. The highest BCUT2D eigenvalue weighted by atomic mass is 32.2. The summed E-state index contributed by atoms with van der Waals surface area (Å²) in [6, 6.07) is 20.8. The molecule has 4 rings (SSSR count). The first-order chi connectivity index (χ1) is 17.2. The van der Waals surface area contributed by atoms with E-state index in [0.717, 1.165) is 16.7 Å². The van der Waals surface area contributed by atoms with Gasteiger partial charge >= 0.3 is 0 Å². The van der Waals surface area contributed by atoms with Crippen molar-refractivity contribution in [2.24, 2.45) is 5.92 Å². The van der Waals surface area contributed by atoms with Gasteiger partial charge in [-0.15, -0.1) is 0 Å². The van der Waals surface area contributed by atoms with Crippen molar-refractivity contribution < 1.29 is 22.7 Å². The van der Waals surface area contributed by atoms with Crippen molar-refractivity contribution in [1.29, 1.82) is 0 Å². The summed E-state index contributed by atoms with van der Waals surface area (Å²) < 4.78 is 48.8. The minimum atomic E-state index is -3.90. The summed E-state index contributed by atoms with van der Waals surface area (Å²) in [5.41, 5.74) is 2.66. The van der Waals surface area contributed by atoms with E-state index in [1.807, 2.05) is 55.3 Å². The summed E-state index contributed by atoms with van der Waals surface area (Å²) in [5.74, 6) is -0.155. The standard InChI is InChI=1S/C28H33FN2O4S/c1-20-16-31(21(2)19-32)36(33,34)28-13-12-24(23-9-5-4-6-10-23)15-26(28)35-27(20)18-30(3)17-22-8-7-11-25(29)14-22/h4-15,20-21,27,32H,16-19H2,1-3H3/t20-,21-,27+/m1/s1. The van der Waals surface area contributed by atoms with Crippen LogP contribution in [0.25, 0.3) is 11.1 Å². The van der Waals surface area contributed by atoms with Gasteiger partial charge in [0.25, 0.3) is 0 Å². The molecule has 1 N–H and O–H groups in total. The second-order valence-corrected chi connectivity index (χ2v) is 11.5. The van der Waals surface area contributed by atoms with E-state index in [-0.39, 0.29) is 35.9 Å². The molecule has 0 bridgehead atoms. The first kappa shape index (κ1) is 26.3. The summed E-state index contributed by atoms with van der Waals surface area (Å²) >= 11 is 0. The van der Waals surface area contributed by atoms with Gasteiger partial charge in [-0.2, -0.15) is 4.31 Å². The van der Waals surface area contributed by atoms with Gasteiger partial charge < -0.3 is 9.84 Å². The summed E-state index contributed by atoms with van der Waals surface area (Å²) in [4.78, 5) is 2.14. The quantitative estimate of drug-likeness (QED) is 0.508. The van der Waals surface area contributed by atoms with Crippen LogP contribution in [0.2, 0.25) is 0 Å². The van der Waals surface area contributed by atoms with E-state index in [2.05, 4.69) is 0 Å². The number of hydrogen-bond acceptors (Lipinski definition) is 5. The molecular weight excluding hydrogens is 479 g/mol. The van der Waals surface area contributed by atoms with E-state index < -0.39 is 16.1 Å². The minimum Gasteiger partial charge on any atom is -0.487 e. The van der Waals surface area contributed by atoms with Gasteiger partial charge in [0, 0.05) is 31.6 Å². The maximum atomic E-state index is 13.7. The molecule has 0 aliphatic carbocycles. The molecule has 36 heavy (non-hydrogen) atoms. The van der Waals surface area contributed by atoms with E-state index in [1.165, 1.54) is 16.4 Å². The van der Waals surface area contributed by atoms with Crippen LogP contribution in [0, 0.1) is 11.7 Å². The van der Waals surface area contributed by atoms with Gasteiger partial charge in [-0.25, -0.2) is 12.8 Å². The Bertz CT molecular complexity index is 1290. The van der Waals surface area contributed by atoms with Gasteiger partial charge in [0.1, 0.15) is 22.6 Å². The van der Waals surface area contributed by atoms with E-state index in [1.54, 1.807) is 31.2 Å². The van der Waals surface area contributed by atoms with Crippen LogP contribution in [0.3, 0.4) is 0 Å². The third-order valence-corrected chi connectivity index (χ3v) is 8.63. The lowest BCUT2D eigenvalue weighted by Gasteiger charge is -2.37. The van der Waals surface area contributed by atoms with Gasteiger partial charge in [0.05, 0.1) is 6.61 Å². The van der Waals surface area contributed by atoms with Crippen molar-refractivity contribution in [1.82, 2.24) is 9.21 Å². The highest BCUT2D eigenvalue weighted by Crippen LogP contribution is 2.36. The van der Waals surface area contributed by atoms with Crippen LogP contribution in [0.4, 0.5) is 4.39 Å². The number of rotatable bonds is 7. The Morgan fingerprint density at radius 3 is 2.53 bits per heavy atom. The van der Waals surface area contributed by atoms with Crippen LogP contribution in [0.1, 0.15) is 19.4 Å². The van der Waals surface area contributed by atoms with Crippen LogP contribution in [-0.4, -0.2) is 61.6 Å². The number of aliphatic hydroxyl groups excluding tert-OH is 1. The fourth-order valence-electron chi connectivity index (χ4n) is 4.57. The van der Waals surface area contributed by atoms with Gasteiger partial charge in [-0.05, 0) is 54.9 Å². The average Bonchev–Trinajstić information content (AvgIpc) is 2.86. The fraction of sp³-hybridized carbons (Fsp3) is 0.357. The van der Waals surface area contributed by atoms with Gasteiger partial charge in [-0.3, -0.25) is 4.90 Å². The Labute approximate surface area is 213 Å². The van der Waals surface area contributed by atoms with E-state index in [9.17, 15) is 17.9 Å². The lowest BCUT2D eigenvalue weighted by atomic mass is 10.0. The van der Waals surface area contributed by atoms with Crippen molar-refractivity contribution >= 4 is 10.0 Å². The first-order valence-corrected chi connectivity index (χ1v) is 13.5. The molecule has 6 nitrogen and oxygen atoms in total. The van der Waals surface area contributed by atoms with Crippen LogP contribution in [-0.2, 0) is 16.6 Å². The number of hydrogen-bond donors (Lipinski definition) is 1. The topological polar surface area (TPSA) is 70.1 Å². The van der Waals surface area contributed by atoms with E-state index >= 15 is 0 Å². The summed E-state index contributed by atoms with van der Waals surface area (Å²) in [6.07, 6.45) is -0.336. The number of fused-ring (bicyclic) bond motifs is 1. The summed E-state index contributed by atoms with van der Waals surface area (Å²) in [6.45, 7) is 4.62. The summed E-state index contributed by atoms with van der Waals surface area (Å²) in [7, 11) is -1.96. The highest BCUT2D eigenvalue weighted by Gasteiger charge is 2.38. The molecule has 0 unspecified atom stereocenters. The molecule has 1 aliphatic rings. The molecule has 1 aliphatic heterocycles. The minimum absolute atomic E-state index is 0.0900. The monoisotopic (exact) mass is 512 g/mol. The molecule has 0 spiro atoms. The lowest BCUT2D eigenvalue weighted by molar-refractivity contribution is 0.0734. The molecule has 0 fully saturated rings. The zero-order valence-corrected chi connectivity index (χ0v) is 21.7. The molecule has 3 aromatic carbocycles.